The lowest BCUT2D eigenvalue weighted by molar-refractivity contribution is -0.0530. The SMILES string of the molecule is CC1CN(C(=O)Nc2ccc3nc(C(C)C)sc3c2)CC(C)O1. The molecule has 0 saturated carbocycles. The molecule has 0 bridgehead atoms. The van der Waals surface area contributed by atoms with E-state index in [9.17, 15) is 4.79 Å². The smallest absolute Gasteiger partial charge is 0.322 e. The highest BCUT2D eigenvalue weighted by Gasteiger charge is 2.25. The number of carbonyl (C=O) groups is 1. The number of nitrogens with zero attached hydrogens (tertiary/aromatic N) is 2. The summed E-state index contributed by atoms with van der Waals surface area (Å²) in [7, 11) is 0. The van der Waals surface area contributed by atoms with Crippen LogP contribution in [0.5, 0.6) is 0 Å². The van der Waals surface area contributed by atoms with Crippen molar-refractivity contribution in [1.29, 1.82) is 0 Å². The first kappa shape index (κ1) is 16.2. The second-order valence-electron chi connectivity index (χ2n) is 6.48. The molecule has 6 heteroatoms. The molecular weight excluding hydrogens is 310 g/mol. The molecule has 2 atom stereocenters. The first-order valence-electron chi connectivity index (χ1n) is 8.04. The van der Waals surface area contributed by atoms with Crippen LogP contribution >= 0.6 is 11.3 Å². The largest absolute Gasteiger partial charge is 0.372 e. The van der Waals surface area contributed by atoms with Gasteiger partial charge in [-0.1, -0.05) is 13.8 Å². The van der Waals surface area contributed by atoms with Gasteiger partial charge in [-0.05, 0) is 32.0 Å². The molecular formula is C17H23N3O2S. The van der Waals surface area contributed by atoms with Gasteiger partial charge in [0.2, 0.25) is 0 Å². The van der Waals surface area contributed by atoms with E-state index in [2.05, 4.69) is 24.1 Å². The molecule has 1 N–H and O–H groups in total. The number of hydrogen-bond donors (Lipinski definition) is 1. The van der Waals surface area contributed by atoms with Crippen molar-refractivity contribution in [2.24, 2.45) is 0 Å². The van der Waals surface area contributed by atoms with Crippen LogP contribution in [0.2, 0.25) is 0 Å². The molecule has 1 aliphatic heterocycles. The Morgan fingerprint density at radius 2 is 2.04 bits per heavy atom. The Labute approximate surface area is 140 Å². The van der Waals surface area contributed by atoms with E-state index in [0.717, 1.165) is 20.9 Å². The summed E-state index contributed by atoms with van der Waals surface area (Å²) < 4.78 is 6.78. The number of amides is 2. The Bertz CT molecular complexity index is 703. The van der Waals surface area contributed by atoms with Gasteiger partial charge in [-0.15, -0.1) is 11.3 Å². The number of carbonyl (C=O) groups excluding carboxylic acids is 1. The number of hydrogen-bond acceptors (Lipinski definition) is 4. The van der Waals surface area contributed by atoms with Crippen LogP contribution in [0.4, 0.5) is 10.5 Å². The number of benzene rings is 1. The summed E-state index contributed by atoms with van der Waals surface area (Å²) in [5, 5.41) is 4.12. The molecule has 2 amide bonds. The van der Waals surface area contributed by atoms with E-state index >= 15 is 0 Å². The van der Waals surface area contributed by atoms with Gasteiger partial charge in [0.1, 0.15) is 0 Å². The number of urea groups is 1. The third-order valence-electron chi connectivity index (χ3n) is 3.86. The summed E-state index contributed by atoms with van der Waals surface area (Å²) in [4.78, 5) is 18.9. The van der Waals surface area contributed by atoms with E-state index < -0.39 is 0 Å². The number of fused-ring (bicyclic) bond motifs is 1. The molecule has 1 aromatic carbocycles. The summed E-state index contributed by atoms with van der Waals surface area (Å²) in [5.74, 6) is 0.418. The van der Waals surface area contributed by atoms with E-state index in [0.29, 0.717) is 19.0 Å². The van der Waals surface area contributed by atoms with Gasteiger partial charge in [-0.2, -0.15) is 0 Å². The number of ether oxygens (including phenoxy) is 1. The van der Waals surface area contributed by atoms with Crippen LogP contribution in [0.3, 0.4) is 0 Å². The van der Waals surface area contributed by atoms with E-state index in [1.165, 1.54) is 0 Å². The van der Waals surface area contributed by atoms with Crippen molar-refractivity contribution in [3.8, 4) is 0 Å². The Morgan fingerprint density at radius 3 is 2.70 bits per heavy atom. The topological polar surface area (TPSA) is 54.5 Å². The molecule has 5 nitrogen and oxygen atoms in total. The van der Waals surface area contributed by atoms with Crippen LogP contribution < -0.4 is 5.32 Å². The normalized spacial score (nSPS) is 21.9. The number of anilines is 1. The van der Waals surface area contributed by atoms with Gasteiger partial charge in [-0.25, -0.2) is 9.78 Å². The highest BCUT2D eigenvalue weighted by molar-refractivity contribution is 7.18. The lowest BCUT2D eigenvalue weighted by Gasteiger charge is -2.35. The minimum Gasteiger partial charge on any atom is -0.372 e. The molecule has 2 aromatic rings. The Morgan fingerprint density at radius 1 is 1.35 bits per heavy atom. The monoisotopic (exact) mass is 333 g/mol. The number of rotatable bonds is 2. The number of aromatic nitrogens is 1. The predicted octanol–water partition coefficient (Wildman–Crippen LogP) is 4.06. The van der Waals surface area contributed by atoms with Crippen LogP contribution in [0.1, 0.15) is 38.6 Å². The Hall–Kier alpha value is -1.66. The molecule has 124 valence electrons. The van der Waals surface area contributed by atoms with Gasteiger partial charge in [0.25, 0.3) is 0 Å². The molecule has 2 heterocycles. The minimum absolute atomic E-state index is 0.0695. The highest BCUT2D eigenvalue weighted by atomic mass is 32.1. The fourth-order valence-electron chi connectivity index (χ4n) is 2.81. The average molecular weight is 333 g/mol. The molecule has 0 aliphatic carbocycles. The average Bonchev–Trinajstić information content (AvgIpc) is 2.89. The van der Waals surface area contributed by atoms with E-state index in [1.54, 1.807) is 11.3 Å². The zero-order chi connectivity index (χ0) is 16.6. The first-order chi connectivity index (χ1) is 10.9. The molecule has 3 rings (SSSR count). The maximum Gasteiger partial charge on any atom is 0.322 e. The maximum atomic E-state index is 12.5. The van der Waals surface area contributed by atoms with Crippen LogP contribution in [-0.4, -0.2) is 41.2 Å². The molecule has 23 heavy (non-hydrogen) atoms. The molecule has 2 unspecified atom stereocenters. The molecule has 1 aliphatic rings. The van der Waals surface area contributed by atoms with Crippen molar-refractivity contribution < 1.29 is 9.53 Å². The third-order valence-corrected chi connectivity index (χ3v) is 5.18. The lowest BCUT2D eigenvalue weighted by Crippen LogP contribution is -2.49. The minimum atomic E-state index is -0.0695. The van der Waals surface area contributed by atoms with Gasteiger partial charge in [0.15, 0.2) is 0 Å². The van der Waals surface area contributed by atoms with E-state index in [-0.39, 0.29) is 18.2 Å². The predicted molar refractivity (Wildman–Crippen MR) is 94.3 cm³/mol. The maximum absolute atomic E-state index is 12.5. The van der Waals surface area contributed by atoms with Crippen LogP contribution in [-0.2, 0) is 4.74 Å². The fraction of sp³-hybridized carbons (Fsp3) is 0.529. The van der Waals surface area contributed by atoms with Crippen molar-refractivity contribution in [3.05, 3.63) is 23.2 Å². The molecule has 1 aromatic heterocycles. The summed E-state index contributed by atoms with van der Waals surface area (Å²) in [6.07, 6.45) is 0.143. The van der Waals surface area contributed by atoms with Crippen molar-refractivity contribution in [1.82, 2.24) is 9.88 Å². The van der Waals surface area contributed by atoms with Crippen LogP contribution in [0.15, 0.2) is 18.2 Å². The summed E-state index contributed by atoms with van der Waals surface area (Å²) in [6.45, 7) is 9.51. The van der Waals surface area contributed by atoms with Crippen LogP contribution in [0, 0.1) is 0 Å². The second-order valence-corrected chi connectivity index (χ2v) is 7.54. The molecule has 0 spiro atoms. The van der Waals surface area contributed by atoms with Crippen LogP contribution in [0.25, 0.3) is 10.2 Å². The van der Waals surface area contributed by atoms with E-state index in [1.807, 2.05) is 36.9 Å². The summed E-state index contributed by atoms with van der Waals surface area (Å²) in [6, 6.07) is 5.82. The Balaban J connectivity index is 1.74. The van der Waals surface area contributed by atoms with E-state index in [4.69, 9.17) is 4.74 Å². The highest BCUT2D eigenvalue weighted by Crippen LogP contribution is 2.29. The van der Waals surface area contributed by atoms with Gasteiger partial charge in [-0.3, -0.25) is 0 Å². The third kappa shape index (κ3) is 3.64. The zero-order valence-electron chi connectivity index (χ0n) is 14.0. The fourth-order valence-corrected chi connectivity index (χ4v) is 3.82. The van der Waals surface area contributed by atoms with Gasteiger partial charge in [0, 0.05) is 24.7 Å². The van der Waals surface area contributed by atoms with Gasteiger partial charge in [0.05, 0.1) is 27.4 Å². The molecule has 0 radical (unpaired) electrons. The standard InChI is InChI=1S/C17H23N3O2S/c1-10(2)16-19-14-6-5-13(7-15(14)23-16)18-17(21)20-8-11(3)22-12(4)9-20/h5-7,10-12H,8-9H2,1-4H3,(H,18,21). The zero-order valence-corrected chi connectivity index (χ0v) is 14.8. The quantitative estimate of drug-likeness (QED) is 0.901. The summed E-state index contributed by atoms with van der Waals surface area (Å²) >= 11 is 1.69. The molecule has 1 saturated heterocycles. The Kier molecular flexibility index (Phi) is 4.55. The molecule has 1 fully saturated rings. The lowest BCUT2D eigenvalue weighted by atomic mass is 10.2. The van der Waals surface area contributed by atoms with Crippen molar-refractivity contribution in [2.75, 3.05) is 18.4 Å². The van der Waals surface area contributed by atoms with Gasteiger partial charge < -0.3 is 15.0 Å². The summed E-state index contributed by atoms with van der Waals surface area (Å²) in [5.41, 5.74) is 1.80. The van der Waals surface area contributed by atoms with Crippen molar-refractivity contribution >= 4 is 33.3 Å². The number of nitrogens with one attached hydrogen (secondary N) is 1. The van der Waals surface area contributed by atoms with Gasteiger partial charge >= 0.3 is 6.03 Å². The number of morpholine rings is 1. The second kappa shape index (κ2) is 6.45. The number of thiazole rings is 1. The van der Waals surface area contributed by atoms with Crippen molar-refractivity contribution in [3.63, 3.8) is 0 Å². The first-order valence-corrected chi connectivity index (χ1v) is 8.86. The van der Waals surface area contributed by atoms with Crippen molar-refractivity contribution in [2.45, 2.75) is 45.8 Å².